The van der Waals surface area contributed by atoms with Crippen molar-refractivity contribution < 1.29 is 0 Å². The van der Waals surface area contributed by atoms with E-state index in [9.17, 15) is 0 Å². The van der Waals surface area contributed by atoms with E-state index in [1.165, 1.54) is 32.1 Å². The molecule has 4 rings (SSSR count). The van der Waals surface area contributed by atoms with E-state index in [0.29, 0.717) is 5.41 Å². The van der Waals surface area contributed by atoms with E-state index >= 15 is 0 Å². The number of hydrogen-bond donors (Lipinski definition) is 0. The van der Waals surface area contributed by atoms with E-state index in [0.717, 1.165) is 23.9 Å². The summed E-state index contributed by atoms with van der Waals surface area (Å²) in [6.45, 7) is 4.89. The second-order valence-corrected chi connectivity index (χ2v) is 7.49. The van der Waals surface area contributed by atoms with Gasteiger partial charge in [0.15, 0.2) is 0 Å². The predicted octanol–water partition coefficient (Wildman–Crippen LogP) is 4.43. The number of halogens is 1. The third-order valence-corrected chi connectivity index (χ3v) is 7.15. The van der Waals surface area contributed by atoms with Crippen LogP contribution in [0.25, 0.3) is 0 Å². The fourth-order valence-corrected chi connectivity index (χ4v) is 5.84. The number of benzene rings is 1. The lowest BCUT2D eigenvalue weighted by molar-refractivity contribution is -0.0552. The zero-order valence-electron chi connectivity index (χ0n) is 13.5. The molecule has 3 aliphatic rings. The molecule has 1 aromatic carbocycles. The molecule has 1 aliphatic heterocycles. The van der Waals surface area contributed by atoms with Gasteiger partial charge in [0.2, 0.25) is 0 Å². The Morgan fingerprint density at radius 3 is 2.81 bits per heavy atom. The summed E-state index contributed by atoms with van der Waals surface area (Å²) in [4.78, 5) is 2.72. The molecule has 4 unspecified atom stereocenters. The first-order chi connectivity index (χ1) is 9.67. The number of fused-ring (bicyclic) bond motifs is 3. The summed E-state index contributed by atoms with van der Waals surface area (Å²) in [5.41, 5.74) is 3.81. The van der Waals surface area contributed by atoms with Crippen LogP contribution in [0.5, 0.6) is 0 Å². The number of nitrogens with zero attached hydrogens (tertiary/aromatic N) is 1. The van der Waals surface area contributed by atoms with E-state index in [1.54, 1.807) is 11.1 Å². The molecule has 0 spiro atoms. The van der Waals surface area contributed by atoms with Gasteiger partial charge in [-0.1, -0.05) is 31.2 Å². The third kappa shape index (κ3) is 1.93. The van der Waals surface area contributed by atoms with Crippen LogP contribution in [0.15, 0.2) is 24.3 Å². The van der Waals surface area contributed by atoms with Gasteiger partial charge in [0.05, 0.1) is 0 Å². The predicted molar refractivity (Wildman–Crippen MR) is 91.2 cm³/mol. The molecule has 2 bridgehead atoms. The molecular formula is C19H28ClN. The summed E-state index contributed by atoms with van der Waals surface area (Å²) in [6, 6.07) is 10.9. The van der Waals surface area contributed by atoms with Gasteiger partial charge in [-0.25, -0.2) is 0 Å². The number of hydrogen-bond acceptors (Lipinski definition) is 1. The molecule has 0 amide bonds. The van der Waals surface area contributed by atoms with Crippen molar-refractivity contribution in [2.45, 2.75) is 63.5 Å². The summed E-state index contributed by atoms with van der Waals surface area (Å²) >= 11 is 0. The van der Waals surface area contributed by atoms with Crippen molar-refractivity contribution in [2.75, 3.05) is 7.05 Å². The zero-order valence-corrected chi connectivity index (χ0v) is 14.3. The van der Waals surface area contributed by atoms with Crippen molar-refractivity contribution in [3.05, 3.63) is 35.4 Å². The SMILES string of the molecule is CC[C@@]12CCC3CC1C(Cc1ccccc12)N(C)C3C.Cl. The van der Waals surface area contributed by atoms with Crippen molar-refractivity contribution in [1.29, 1.82) is 0 Å². The first kappa shape index (κ1) is 15.4. The summed E-state index contributed by atoms with van der Waals surface area (Å²) in [5, 5.41) is 0. The molecule has 21 heavy (non-hydrogen) atoms. The standard InChI is InChI=1S/C19H27N.ClH/c1-4-19-10-9-14-11-17(19)18(20(3)13(14)2)12-15-7-5-6-8-16(15)19;/h5-8,13-14,17-18H,4,9-12H2,1-3H3;1H/t13?,14?,17?,18?,19-;/m0./s1. The lowest BCUT2D eigenvalue weighted by atomic mass is 9.50. The Bertz CT molecular complexity index is 528. The fraction of sp³-hybridized carbons (Fsp3) is 0.684. The highest BCUT2D eigenvalue weighted by atomic mass is 35.5. The molecule has 0 radical (unpaired) electrons. The van der Waals surface area contributed by atoms with Gasteiger partial charge in [0.25, 0.3) is 0 Å². The van der Waals surface area contributed by atoms with Crippen molar-refractivity contribution in [3.8, 4) is 0 Å². The highest BCUT2D eigenvalue weighted by Crippen LogP contribution is 2.57. The van der Waals surface area contributed by atoms with Crippen molar-refractivity contribution in [2.24, 2.45) is 11.8 Å². The van der Waals surface area contributed by atoms with Gasteiger partial charge in [-0.2, -0.15) is 0 Å². The summed E-state index contributed by atoms with van der Waals surface area (Å²) < 4.78 is 0. The highest BCUT2D eigenvalue weighted by Gasteiger charge is 2.55. The van der Waals surface area contributed by atoms with Crippen LogP contribution in [-0.4, -0.2) is 24.0 Å². The molecule has 0 N–H and O–H groups in total. The number of piperidine rings is 1. The molecule has 1 saturated heterocycles. The largest absolute Gasteiger partial charge is 0.300 e. The first-order valence-corrected chi connectivity index (χ1v) is 8.47. The minimum absolute atomic E-state index is 0. The van der Waals surface area contributed by atoms with Crippen LogP contribution in [0, 0.1) is 11.8 Å². The Morgan fingerprint density at radius 1 is 1.29 bits per heavy atom. The molecule has 1 saturated carbocycles. The van der Waals surface area contributed by atoms with E-state index in [-0.39, 0.29) is 12.4 Å². The van der Waals surface area contributed by atoms with E-state index < -0.39 is 0 Å². The van der Waals surface area contributed by atoms with Gasteiger partial charge in [-0.3, -0.25) is 4.90 Å². The lowest BCUT2D eigenvalue weighted by Crippen LogP contribution is -2.63. The highest BCUT2D eigenvalue weighted by molar-refractivity contribution is 5.85. The van der Waals surface area contributed by atoms with E-state index in [1.807, 2.05) is 0 Å². The number of likely N-dealkylation sites (N-methyl/N-ethyl adjacent to an activating group) is 1. The smallest absolute Gasteiger partial charge is 0.0172 e. The maximum atomic E-state index is 2.72. The Balaban J connectivity index is 0.00000132. The van der Waals surface area contributed by atoms with E-state index in [4.69, 9.17) is 0 Å². The molecular weight excluding hydrogens is 278 g/mol. The summed E-state index contributed by atoms with van der Waals surface area (Å²) in [6.07, 6.45) is 6.91. The van der Waals surface area contributed by atoms with Crippen LogP contribution in [-0.2, 0) is 11.8 Å². The Labute approximate surface area is 135 Å². The number of rotatable bonds is 1. The maximum absolute atomic E-state index is 2.72. The quantitative estimate of drug-likeness (QED) is 0.742. The fourth-order valence-electron chi connectivity index (χ4n) is 5.84. The van der Waals surface area contributed by atoms with E-state index in [2.05, 4.69) is 50.1 Å². The van der Waals surface area contributed by atoms with Gasteiger partial charge < -0.3 is 0 Å². The summed E-state index contributed by atoms with van der Waals surface area (Å²) in [5.74, 6) is 1.83. The molecule has 2 aliphatic carbocycles. The molecule has 1 nitrogen and oxygen atoms in total. The third-order valence-electron chi connectivity index (χ3n) is 7.15. The molecule has 1 heterocycles. The first-order valence-electron chi connectivity index (χ1n) is 8.47. The van der Waals surface area contributed by atoms with Crippen molar-refractivity contribution >= 4 is 12.4 Å². The van der Waals surface area contributed by atoms with Crippen LogP contribution in [0.1, 0.15) is 50.7 Å². The molecule has 5 atom stereocenters. The second-order valence-electron chi connectivity index (χ2n) is 7.49. The average molecular weight is 306 g/mol. The van der Waals surface area contributed by atoms with Crippen molar-refractivity contribution in [1.82, 2.24) is 4.90 Å². The molecule has 2 heteroatoms. The molecule has 1 aromatic rings. The Kier molecular flexibility index (Phi) is 3.86. The van der Waals surface area contributed by atoms with Crippen LogP contribution in [0.2, 0.25) is 0 Å². The maximum Gasteiger partial charge on any atom is 0.0172 e. The van der Waals surface area contributed by atoms with Crippen LogP contribution in [0.3, 0.4) is 0 Å². The van der Waals surface area contributed by atoms with Crippen LogP contribution < -0.4 is 0 Å². The topological polar surface area (TPSA) is 3.24 Å². The van der Waals surface area contributed by atoms with Gasteiger partial charge >= 0.3 is 0 Å². The molecule has 0 aromatic heterocycles. The van der Waals surface area contributed by atoms with Crippen molar-refractivity contribution in [3.63, 3.8) is 0 Å². The average Bonchev–Trinajstić information content (AvgIpc) is 2.51. The Hall–Kier alpha value is -0.530. The monoisotopic (exact) mass is 305 g/mol. The van der Waals surface area contributed by atoms with Crippen LogP contribution >= 0.6 is 12.4 Å². The summed E-state index contributed by atoms with van der Waals surface area (Å²) in [7, 11) is 2.38. The normalized spacial score (nSPS) is 41.1. The second kappa shape index (κ2) is 5.28. The molecule has 116 valence electrons. The van der Waals surface area contributed by atoms with Gasteiger partial charge in [-0.05, 0) is 74.5 Å². The van der Waals surface area contributed by atoms with Gasteiger partial charge in [-0.15, -0.1) is 12.4 Å². The van der Waals surface area contributed by atoms with Crippen LogP contribution in [0.4, 0.5) is 0 Å². The van der Waals surface area contributed by atoms with Gasteiger partial charge in [0.1, 0.15) is 0 Å². The minimum atomic E-state index is 0. The lowest BCUT2D eigenvalue weighted by Gasteiger charge is -2.61. The zero-order chi connectivity index (χ0) is 13.9. The minimum Gasteiger partial charge on any atom is -0.300 e. The molecule has 2 fully saturated rings. The van der Waals surface area contributed by atoms with Gasteiger partial charge in [0, 0.05) is 12.1 Å². The number of likely N-dealkylation sites (tertiary alicyclic amines) is 1. The Morgan fingerprint density at radius 2 is 2.05 bits per heavy atom.